The van der Waals surface area contributed by atoms with Crippen LogP contribution in [-0.2, 0) is 29.5 Å². The topological polar surface area (TPSA) is 85.6 Å². The molecule has 1 aliphatic carbocycles. The fraction of sp³-hybridized carbons (Fsp3) is 0.281. The van der Waals surface area contributed by atoms with Crippen LogP contribution in [-0.4, -0.2) is 53.0 Å². The number of sulfone groups is 1. The summed E-state index contributed by atoms with van der Waals surface area (Å²) in [5.41, 5.74) is -1.86. The van der Waals surface area contributed by atoms with Gasteiger partial charge < -0.3 is 14.2 Å². The van der Waals surface area contributed by atoms with Crippen molar-refractivity contribution < 1.29 is 22.6 Å². The molecule has 0 N–H and O–H groups in total. The van der Waals surface area contributed by atoms with Crippen molar-refractivity contribution in [3.63, 3.8) is 0 Å². The van der Waals surface area contributed by atoms with E-state index in [4.69, 9.17) is 14.2 Å². The summed E-state index contributed by atoms with van der Waals surface area (Å²) < 4.78 is 45.7. The van der Waals surface area contributed by atoms with Gasteiger partial charge in [0, 0.05) is 26.0 Å². The van der Waals surface area contributed by atoms with E-state index in [1.54, 1.807) is 0 Å². The molecule has 0 spiro atoms. The zero-order valence-corrected chi connectivity index (χ0v) is 23.7. The lowest BCUT2D eigenvalue weighted by atomic mass is 9.48. The molecule has 1 aliphatic rings. The summed E-state index contributed by atoms with van der Waals surface area (Å²) >= 11 is 0. The van der Waals surface area contributed by atoms with E-state index in [2.05, 4.69) is 6.07 Å². The predicted molar refractivity (Wildman–Crippen MR) is 153 cm³/mol. The van der Waals surface area contributed by atoms with Crippen molar-refractivity contribution in [2.24, 2.45) is 0 Å². The summed E-state index contributed by atoms with van der Waals surface area (Å²) in [5.74, 6) is -0.166. The molecule has 0 fully saturated rings. The first kappa shape index (κ1) is 28.3. The van der Waals surface area contributed by atoms with Gasteiger partial charge in [0.1, 0.15) is 17.1 Å². The Morgan fingerprint density at radius 1 is 0.821 bits per heavy atom. The van der Waals surface area contributed by atoms with E-state index >= 15 is 0 Å². The first-order valence-corrected chi connectivity index (χ1v) is 14.6. The number of ether oxygens (including phenoxy) is 3. The second-order valence-electron chi connectivity index (χ2n) is 9.56. The zero-order valence-electron chi connectivity index (χ0n) is 22.8. The maximum Gasteiger partial charge on any atom is 0.228 e. The van der Waals surface area contributed by atoms with Crippen molar-refractivity contribution >= 4 is 15.4 Å². The molecule has 0 saturated heterocycles. The van der Waals surface area contributed by atoms with Gasteiger partial charge in [-0.15, -0.1) is 0 Å². The first-order valence-electron chi connectivity index (χ1n) is 12.5. The van der Waals surface area contributed by atoms with E-state index in [0.29, 0.717) is 22.3 Å². The Kier molecular flexibility index (Phi) is 7.85. The van der Waals surface area contributed by atoms with Crippen molar-refractivity contribution in [3.05, 3.63) is 125 Å². The summed E-state index contributed by atoms with van der Waals surface area (Å²) in [4.78, 5) is 0. The van der Waals surface area contributed by atoms with Crippen LogP contribution in [0.25, 0.3) is 5.57 Å². The Labute approximate surface area is 231 Å². The van der Waals surface area contributed by atoms with Crippen LogP contribution in [0.4, 0.5) is 0 Å². The lowest BCUT2D eigenvalue weighted by Gasteiger charge is -2.60. The van der Waals surface area contributed by atoms with E-state index in [1.165, 1.54) is 27.6 Å². The fourth-order valence-corrected chi connectivity index (χ4v) is 7.62. The summed E-state index contributed by atoms with van der Waals surface area (Å²) in [5, 5.41) is 11.2. The summed E-state index contributed by atoms with van der Waals surface area (Å²) in [6, 6.07) is 30.6. The molecule has 6 nitrogen and oxygen atoms in total. The van der Waals surface area contributed by atoms with Crippen LogP contribution >= 0.6 is 0 Å². The van der Waals surface area contributed by atoms with Crippen LogP contribution in [0.1, 0.15) is 23.6 Å². The van der Waals surface area contributed by atoms with Gasteiger partial charge >= 0.3 is 0 Å². The van der Waals surface area contributed by atoms with E-state index in [0.717, 1.165) is 5.56 Å². The van der Waals surface area contributed by atoms with Crippen molar-refractivity contribution in [1.82, 2.24) is 0 Å². The monoisotopic (exact) mass is 543 g/mol. The van der Waals surface area contributed by atoms with E-state index in [-0.39, 0.29) is 5.76 Å². The van der Waals surface area contributed by atoms with Gasteiger partial charge in [-0.1, -0.05) is 97.1 Å². The third-order valence-corrected chi connectivity index (χ3v) is 8.56. The summed E-state index contributed by atoms with van der Waals surface area (Å²) in [6.07, 6.45) is 3.04. The Balaban J connectivity index is 2.42. The van der Waals surface area contributed by atoms with Crippen LogP contribution in [0, 0.1) is 11.3 Å². The van der Waals surface area contributed by atoms with Crippen molar-refractivity contribution in [2.45, 2.75) is 23.5 Å². The normalized spacial score (nSPS) is 23.8. The van der Waals surface area contributed by atoms with Gasteiger partial charge in [-0.3, -0.25) is 0 Å². The molecule has 0 aliphatic heterocycles. The maximum absolute atomic E-state index is 13.4. The van der Waals surface area contributed by atoms with Crippen LogP contribution in [0.3, 0.4) is 0 Å². The second kappa shape index (κ2) is 10.8. The molecule has 2 atom stereocenters. The molecule has 3 aromatic carbocycles. The van der Waals surface area contributed by atoms with E-state index < -0.39 is 32.2 Å². The number of nitriles is 1. The summed E-state index contributed by atoms with van der Waals surface area (Å²) in [6.45, 7) is 1.84. The first-order chi connectivity index (χ1) is 18.7. The number of hydrogen-bond acceptors (Lipinski definition) is 6. The number of methoxy groups -OCH3 is 3. The van der Waals surface area contributed by atoms with Gasteiger partial charge in [0.05, 0.1) is 12.9 Å². The molecule has 202 valence electrons. The molecular formula is C32H33NO5S. The number of rotatable bonds is 8. The lowest BCUT2D eigenvalue weighted by molar-refractivity contribution is -0.115. The molecular weight excluding hydrogens is 510 g/mol. The molecule has 0 heterocycles. The maximum atomic E-state index is 13.4. The Bertz CT molecular complexity index is 1490. The second-order valence-corrected chi connectivity index (χ2v) is 11.7. The molecule has 0 aromatic heterocycles. The van der Waals surface area contributed by atoms with Gasteiger partial charge in [0.15, 0.2) is 15.6 Å². The molecule has 2 unspecified atom stereocenters. The average molecular weight is 544 g/mol. The van der Waals surface area contributed by atoms with Crippen LogP contribution < -0.4 is 0 Å². The molecule has 7 heteroatoms. The van der Waals surface area contributed by atoms with Gasteiger partial charge in [-0.05, 0) is 29.2 Å². The number of benzene rings is 3. The SMILES string of the molecule is CC=C1C(c2ccccc2)=C(OC)C(C#N)(OC)C(c2ccccc2)(c2ccccc2)C1(CS(C)(=O)=O)OC. The molecule has 4 rings (SSSR count). The van der Waals surface area contributed by atoms with Crippen LogP contribution in [0.15, 0.2) is 108 Å². The largest absolute Gasteiger partial charge is 0.496 e. The molecule has 0 radical (unpaired) electrons. The number of nitrogens with zero attached hydrogens (tertiary/aromatic N) is 1. The smallest absolute Gasteiger partial charge is 0.228 e. The van der Waals surface area contributed by atoms with Crippen LogP contribution in [0.2, 0.25) is 0 Å². The Hall–Kier alpha value is -3.70. The third-order valence-electron chi connectivity index (χ3n) is 7.63. The lowest BCUT2D eigenvalue weighted by Crippen LogP contribution is -2.72. The van der Waals surface area contributed by atoms with Gasteiger partial charge in [-0.25, -0.2) is 8.42 Å². The molecule has 0 bridgehead atoms. The Morgan fingerprint density at radius 3 is 1.67 bits per heavy atom. The standard InChI is InChI=1S/C32H33NO5S/c1-6-27-28(24-16-10-7-11-17-24)29(36-2)30(22-33,37-3)32(25-18-12-8-13-19-25,26-20-14-9-15-21-26)31(27,38-4)23-39(5,34)35/h6-21H,23H2,1-5H3. The highest BCUT2D eigenvalue weighted by atomic mass is 32.2. The molecule has 0 saturated carbocycles. The molecule has 39 heavy (non-hydrogen) atoms. The van der Waals surface area contributed by atoms with Crippen molar-refractivity contribution in [1.29, 1.82) is 5.26 Å². The van der Waals surface area contributed by atoms with Crippen molar-refractivity contribution in [3.8, 4) is 6.07 Å². The third kappa shape index (κ3) is 4.11. The quantitative estimate of drug-likeness (QED) is 0.382. The minimum Gasteiger partial charge on any atom is -0.496 e. The fourth-order valence-electron chi connectivity index (χ4n) is 6.39. The average Bonchev–Trinajstić information content (AvgIpc) is 2.96. The van der Waals surface area contributed by atoms with Gasteiger partial charge in [0.25, 0.3) is 0 Å². The molecule has 0 amide bonds. The highest BCUT2D eigenvalue weighted by Crippen LogP contribution is 2.64. The number of allylic oxidation sites excluding steroid dienone is 1. The van der Waals surface area contributed by atoms with Gasteiger partial charge in [0.2, 0.25) is 5.60 Å². The summed E-state index contributed by atoms with van der Waals surface area (Å²) in [7, 11) is 0.738. The van der Waals surface area contributed by atoms with Crippen LogP contribution in [0.5, 0.6) is 0 Å². The van der Waals surface area contributed by atoms with Gasteiger partial charge in [-0.2, -0.15) is 5.26 Å². The Morgan fingerprint density at radius 2 is 1.31 bits per heavy atom. The number of hydrogen-bond donors (Lipinski definition) is 0. The minimum absolute atomic E-state index is 0.265. The molecule has 3 aromatic rings. The van der Waals surface area contributed by atoms with E-state index in [9.17, 15) is 13.7 Å². The minimum atomic E-state index is -3.71. The zero-order chi connectivity index (χ0) is 28.3. The van der Waals surface area contributed by atoms with Crippen molar-refractivity contribution in [2.75, 3.05) is 33.3 Å². The van der Waals surface area contributed by atoms with E-state index in [1.807, 2.05) is 104 Å². The highest BCUT2D eigenvalue weighted by molar-refractivity contribution is 7.90. The predicted octanol–water partition coefficient (Wildman–Crippen LogP) is 5.33. The highest BCUT2D eigenvalue weighted by Gasteiger charge is 2.74.